The number of aryl methyl sites for hydroxylation is 1. The van der Waals surface area contributed by atoms with Crippen LogP contribution in [-0.4, -0.2) is 23.6 Å². The van der Waals surface area contributed by atoms with Gasteiger partial charge in [0.2, 0.25) is 0 Å². The fraction of sp³-hybridized carbons (Fsp3) is 0.235. The van der Waals surface area contributed by atoms with E-state index in [-0.39, 0.29) is 5.56 Å². The summed E-state index contributed by atoms with van der Waals surface area (Å²) in [4.78, 5) is 22.8. The Morgan fingerprint density at radius 3 is 2.34 bits per heavy atom. The molecule has 29 heavy (non-hydrogen) atoms. The van der Waals surface area contributed by atoms with E-state index in [0.29, 0.717) is 18.2 Å². The molecule has 0 spiro atoms. The molecule has 0 aliphatic rings. The van der Waals surface area contributed by atoms with Crippen LogP contribution in [0.15, 0.2) is 36.4 Å². The van der Waals surface area contributed by atoms with Crippen LogP contribution >= 0.6 is 0 Å². The van der Waals surface area contributed by atoms with Gasteiger partial charge in [0.25, 0.3) is 11.6 Å². The van der Waals surface area contributed by atoms with Crippen molar-refractivity contribution in [1.29, 1.82) is 0 Å². The number of ether oxygens (including phenoxy) is 1. The van der Waals surface area contributed by atoms with E-state index in [9.17, 15) is 41.3 Å². The number of nitrogens with zero attached hydrogens (tertiary/aromatic N) is 1. The number of alkyl halides is 6. The second kappa shape index (κ2) is 7.97. The highest BCUT2D eigenvalue weighted by atomic mass is 19.4. The smallest absolute Gasteiger partial charge is 0.422 e. The molecule has 0 radical (unpaired) electrons. The molecule has 0 aliphatic heterocycles. The second-order valence-electron chi connectivity index (χ2n) is 5.79. The molecule has 0 aliphatic carbocycles. The molecule has 0 saturated carbocycles. The van der Waals surface area contributed by atoms with Gasteiger partial charge in [0.1, 0.15) is 11.3 Å². The van der Waals surface area contributed by atoms with Crippen LogP contribution in [0.4, 0.5) is 37.7 Å². The van der Waals surface area contributed by atoms with Crippen molar-refractivity contribution in [3.63, 3.8) is 0 Å². The molecule has 0 atom stereocenters. The van der Waals surface area contributed by atoms with Gasteiger partial charge in [0.15, 0.2) is 6.61 Å². The van der Waals surface area contributed by atoms with Gasteiger partial charge in [-0.2, -0.15) is 26.3 Å². The van der Waals surface area contributed by atoms with E-state index in [1.54, 1.807) is 0 Å². The maximum absolute atomic E-state index is 12.9. The maximum atomic E-state index is 12.9. The largest absolute Gasteiger partial charge is 0.482 e. The Morgan fingerprint density at radius 2 is 1.79 bits per heavy atom. The second-order valence-corrected chi connectivity index (χ2v) is 5.79. The summed E-state index contributed by atoms with van der Waals surface area (Å²) in [6.07, 6.45) is -9.63. The maximum Gasteiger partial charge on any atom is 0.422 e. The van der Waals surface area contributed by atoms with Crippen molar-refractivity contribution in [1.82, 2.24) is 0 Å². The molecule has 2 rings (SSSR count). The van der Waals surface area contributed by atoms with Crippen molar-refractivity contribution in [2.45, 2.75) is 19.3 Å². The SMILES string of the molecule is Cc1cccc(C(=O)Nc2cc(C(F)(F)F)ccc2OCC(F)(F)F)c1[N+](=O)[O-]. The van der Waals surface area contributed by atoms with E-state index in [4.69, 9.17) is 0 Å². The number of hydrogen-bond donors (Lipinski definition) is 1. The summed E-state index contributed by atoms with van der Waals surface area (Å²) in [7, 11) is 0. The Bertz CT molecular complexity index is 940. The molecular formula is C17H12F6N2O4. The number of nitrogens with one attached hydrogen (secondary N) is 1. The molecule has 0 bridgehead atoms. The van der Waals surface area contributed by atoms with Gasteiger partial charge in [-0.25, -0.2) is 0 Å². The average Bonchev–Trinajstić information content (AvgIpc) is 2.58. The molecule has 6 nitrogen and oxygen atoms in total. The molecule has 2 aromatic carbocycles. The highest BCUT2D eigenvalue weighted by Gasteiger charge is 2.33. The predicted molar refractivity (Wildman–Crippen MR) is 88.8 cm³/mol. The lowest BCUT2D eigenvalue weighted by atomic mass is 10.1. The fourth-order valence-electron chi connectivity index (χ4n) is 2.36. The van der Waals surface area contributed by atoms with Crippen LogP contribution in [-0.2, 0) is 6.18 Å². The van der Waals surface area contributed by atoms with E-state index in [1.807, 2.05) is 5.32 Å². The summed E-state index contributed by atoms with van der Waals surface area (Å²) >= 11 is 0. The number of hydrogen-bond acceptors (Lipinski definition) is 4. The molecule has 1 amide bonds. The summed E-state index contributed by atoms with van der Waals surface area (Å²) in [5, 5.41) is 13.2. The first-order chi connectivity index (χ1) is 13.3. The monoisotopic (exact) mass is 422 g/mol. The molecule has 0 fully saturated rings. The first kappa shape index (κ1) is 22.0. The van der Waals surface area contributed by atoms with Crippen molar-refractivity contribution >= 4 is 17.3 Å². The molecule has 12 heteroatoms. The van der Waals surface area contributed by atoms with Gasteiger partial charge < -0.3 is 10.1 Å². The number of nitro benzene ring substituents is 1. The quantitative estimate of drug-likeness (QED) is 0.412. The summed E-state index contributed by atoms with van der Waals surface area (Å²) in [5.41, 5.74) is -2.93. The fourth-order valence-corrected chi connectivity index (χ4v) is 2.36. The lowest BCUT2D eigenvalue weighted by Gasteiger charge is -2.16. The van der Waals surface area contributed by atoms with Crippen LogP contribution in [0.3, 0.4) is 0 Å². The Labute approximate surface area is 159 Å². The van der Waals surface area contributed by atoms with Gasteiger partial charge in [0.05, 0.1) is 16.2 Å². The minimum Gasteiger partial charge on any atom is -0.482 e. The summed E-state index contributed by atoms with van der Waals surface area (Å²) in [6, 6.07) is 5.20. The lowest BCUT2D eigenvalue weighted by Crippen LogP contribution is -2.21. The molecule has 156 valence electrons. The van der Waals surface area contributed by atoms with Crippen LogP contribution in [0.1, 0.15) is 21.5 Å². The topological polar surface area (TPSA) is 81.5 Å². The van der Waals surface area contributed by atoms with Crippen LogP contribution in [0, 0.1) is 17.0 Å². The molecule has 0 heterocycles. The van der Waals surface area contributed by atoms with E-state index in [0.717, 1.165) is 6.07 Å². The predicted octanol–water partition coefficient (Wildman–Crippen LogP) is 5.12. The number of amides is 1. The standard InChI is InChI=1S/C17H12F6N2O4/c1-9-3-2-4-11(14(9)25(27)28)15(26)24-12-7-10(17(21,22)23)5-6-13(12)29-8-16(18,19)20/h2-7H,8H2,1H3,(H,24,26). The summed E-state index contributed by atoms with van der Waals surface area (Å²) < 4.78 is 80.4. The zero-order chi connectivity index (χ0) is 22.0. The number of rotatable bonds is 5. The molecule has 0 unspecified atom stereocenters. The average molecular weight is 422 g/mol. The number of anilines is 1. The zero-order valence-electron chi connectivity index (χ0n) is 14.5. The number of benzene rings is 2. The highest BCUT2D eigenvalue weighted by molar-refractivity contribution is 6.08. The van der Waals surface area contributed by atoms with Gasteiger partial charge in [-0.15, -0.1) is 0 Å². The van der Waals surface area contributed by atoms with Crippen LogP contribution in [0.5, 0.6) is 5.75 Å². The Morgan fingerprint density at radius 1 is 1.14 bits per heavy atom. The van der Waals surface area contributed by atoms with Crippen molar-refractivity contribution < 1.29 is 40.8 Å². The van der Waals surface area contributed by atoms with E-state index >= 15 is 0 Å². The van der Waals surface area contributed by atoms with Crippen LogP contribution < -0.4 is 10.1 Å². The van der Waals surface area contributed by atoms with E-state index in [2.05, 4.69) is 4.74 Å². The first-order valence-electron chi connectivity index (χ1n) is 7.76. The lowest BCUT2D eigenvalue weighted by molar-refractivity contribution is -0.385. The highest BCUT2D eigenvalue weighted by Crippen LogP contribution is 2.36. The van der Waals surface area contributed by atoms with Gasteiger partial charge in [-0.1, -0.05) is 12.1 Å². The molecule has 0 aromatic heterocycles. The van der Waals surface area contributed by atoms with E-state index < -0.39 is 58.0 Å². The minimum absolute atomic E-state index is 0.111. The van der Waals surface area contributed by atoms with Crippen molar-refractivity contribution in [3.8, 4) is 5.75 Å². The Kier molecular flexibility index (Phi) is 6.04. The molecule has 1 N–H and O–H groups in total. The van der Waals surface area contributed by atoms with E-state index in [1.165, 1.54) is 19.1 Å². The number of carbonyl (C=O) groups excluding carboxylic acids is 1. The third-order valence-corrected chi connectivity index (χ3v) is 3.61. The van der Waals surface area contributed by atoms with Gasteiger partial charge in [0, 0.05) is 5.56 Å². The van der Waals surface area contributed by atoms with Gasteiger partial charge in [-0.05, 0) is 31.2 Å². The first-order valence-corrected chi connectivity index (χ1v) is 7.76. The third kappa shape index (κ3) is 5.59. The number of nitro groups is 1. The number of halogens is 6. The summed E-state index contributed by atoms with van der Waals surface area (Å²) in [6.45, 7) is -0.469. The Hall–Kier alpha value is -3.31. The van der Waals surface area contributed by atoms with Crippen LogP contribution in [0.25, 0.3) is 0 Å². The van der Waals surface area contributed by atoms with Crippen molar-refractivity contribution in [3.05, 3.63) is 63.2 Å². The van der Waals surface area contributed by atoms with Gasteiger partial charge >= 0.3 is 12.4 Å². The Balaban J connectivity index is 2.45. The molecule has 0 saturated heterocycles. The molecular weight excluding hydrogens is 410 g/mol. The van der Waals surface area contributed by atoms with Crippen LogP contribution in [0.2, 0.25) is 0 Å². The number of carbonyl (C=O) groups is 1. The minimum atomic E-state index is -4.85. The molecule has 2 aromatic rings. The number of para-hydroxylation sites is 1. The van der Waals surface area contributed by atoms with Gasteiger partial charge in [-0.3, -0.25) is 14.9 Å². The van der Waals surface area contributed by atoms with Crippen molar-refractivity contribution in [2.24, 2.45) is 0 Å². The summed E-state index contributed by atoms with van der Waals surface area (Å²) in [5.74, 6) is -1.87. The third-order valence-electron chi connectivity index (χ3n) is 3.61. The zero-order valence-corrected chi connectivity index (χ0v) is 14.5. The normalized spacial score (nSPS) is 11.8. The van der Waals surface area contributed by atoms with Crippen molar-refractivity contribution in [2.75, 3.05) is 11.9 Å².